The molecule has 33 heavy (non-hydrogen) atoms. The molecule has 0 saturated carbocycles. The minimum absolute atomic E-state index is 0.164. The number of aliphatic imine (C=N–C) groups is 1. The summed E-state index contributed by atoms with van der Waals surface area (Å²) in [5.74, 6) is 0.589. The Morgan fingerprint density at radius 3 is 1.64 bits per heavy atom. The van der Waals surface area contributed by atoms with Gasteiger partial charge in [0.15, 0.2) is 0 Å². The van der Waals surface area contributed by atoms with E-state index in [1.54, 1.807) is 12.3 Å². The largest absolute Gasteiger partial charge is 0.388 e. The predicted molar refractivity (Wildman–Crippen MR) is 139 cm³/mol. The minimum Gasteiger partial charge on any atom is -0.388 e. The molecule has 0 fully saturated rings. The molecule has 0 bridgehead atoms. The zero-order valence-electron chi connectivity index (χ0n) is 22.7. The molecule has 0 saturated heterocycles. The Labute approximate surface area is 201 Å². The number of isocyanates is 1. The monoisotopic (exact) mass is 450 g/mol. The lowest BCUT2D eigenvalue weighted by atomic mass is 9.73. The molecule has 0 radical (unpaired) electrons. The molecule has 2 aromatic carbocycles. The van der Waals surface area contributed by atoms with Crippen LogP contribution in [0.3, 0.4) is 0 Å². The Bertz CT molecular complexity index is 994. The van der Waals surface area contributed by atoms with Crippen molar-refractivity contribution in [1.29, 1.82) is 5.26 Å². The minimum atomic E-state index is -0.297. The number of benzene rings is 2. The van der Waals surface area contributed by atoms with E-state index >= 15 is 0 Å². The molecular weight excluding hydrogens is 408 g/mol. The van der Waals surface area contributed by atoms with Crippen LogP contribution >= 0.6 is 0 Å². The molecule has 0 aromatic heterocycles. The SMILES string of the molecule is CC.CC.CC(C)(C)c1cc(C(C)(C)c2ccc(OC#N)c(C(C)(C)C)c2)ccc1N=C=O. The Morgan fingerprint density at radius 2 is 1.21 bits per heavy atom. The van der Waals surface area contributed by atoms with Crippen molar-refractivity contribution < 1.29 is 9.53 Å². The first-order valence-electron chi connectivity index (χ1n) is 11.8. The molecule has 0 heterocycles. The summed E-state index contributed by atoms with van der Waals surface area (Å²) in [7, 11) is 0. The van der Waals surface area contributed by atoms with E-state index in [-0.39, 0.29) is 16.2 Å². The molecule has 180 valence electrons. The van der Waals surface area contributed by atoms with Crippen LogP contribution < -0.4 is 4.74 Å². The van der Waals surface area contributed by atoms with Gasteiger partial charge in [-0.15, -0.1) is 5.26 Å². The number of rotatable bonds is 4. The second-order valence-electron chi connectivity index (χ2n) is 9.96. The summed E-state index contributed by atoms with van der Waals surface area (Å²) < 4.78 is 5.20. The quantitative estimate of drug-likeness (QED) is 0.266. The summed E-state index contributed by atoms with van der Waals surface area (Å²) in [5.41, 5.74) is 4.27. The zero-order valence-corrected chi connectivity index (χ0v) is 22.7. The fraction of sp³-hybridized carbons (Fsp3) is 0.517. The third kappa shape index (κ3) is 7.58. The van der Waals surface area contributed by atoms with E-state index in [1.807, 2.05) is 52.0 Å². The summed E-state index contributed by atoms with van der Waals surface area (Å²) in [5, 5.41) is 8.99. The number of nitriles is 1. The van der Waals surface area contributed by atoms with Gasteiger partial charge in [-0.25, -0.2) is 4.79 Å². The second kappa shape index (κ2) is 12.4. The molecule has 4 nitrogen and oxygen atoms in total. The van der Waals surface area contributed by atoms with Crippen LogP contribution in [0.5, 0.6) is 5.75 Å². The van der Waals surface area contributed by atoms with Crippen molar-refractivity contribution in [2.24, 2.45) is 4.99 Å². The lowest BCUT2D eigenvalue weighted by Gasteiger charge is -2.31. The van der Waals surface area contributed by atoms with E-state index in [0.29, 0.717) is 11.4 Å². The van der Waals surface area contributed by atoms with Gasteiger partial charge in [-0.05, 0) is 39.7 Å². The summed E-state index contributed by atoms with van der Waals surface area (Å²) in [4.78, 5) is 14.7. The summed E-state index contributed by atoms with van der Waals surface area (Å²) in [6, 6.07) is 12.0. The highest BCUT2D eigenvalue weighted by Crippen LogP contribution is 2.41. The fourth-order valence-corrected chi connectivity index (χ4v) is 3.48. The third-order valence-corrected chi connectivity index (χ3v) is 5.36. The van der Waals surface area contributed by atoms with Crippen molar-refractivity contribution >= 4 is 11.8 Å². The molecule has 0 N–H and O–H groups in total. The van der Waals surface area contributed by atoms with Gasteiger partial charge in [0.05, 0.1) is 5.69 Å². The van der Waals surface area contributed by atoms with Crippen molar-refractivity contribution in [3.8, 4) is 12.0 Å². The van der Waals surface area contributed by atoms with E-state index < -0.39 is 0 Å². The van der Waals surface area contributed by atoms with Crippen molar-refractivity contribution in [3.63, 3.8) is 0 Å². The normalized spacial score (nSPS) is 11.0. The number of hydrogen-bond acceptors (Lipinski definition) is 4. The molecule has 0 amide bonds. The molecular formula is C29H42N2O2. The molecule has 2 aromatic rings. The van der Waals surface area contributed by atoms with Gasteiger partial charge in [-0.3, -0.25) is 0 Å². The van der Waals surface area contributed by atoms with Crippen LogP contribution in [0.1, 0.15) is 105 Å². The summed E-state index contributed by atoms with van der Waals surface area (Å²) in [6.45, 7) is 25.0. The summed E-state index contributed by atoms with van der Waals surface area (Å²) >= 11 is 0. The van der Waals surface area contributed by atoms with E-state index in [0.717, 1.165) is 22.3 Å². The average molecular weight is 451 g/mol. The maximum absolute atomic E-state index is 10.8. The number of carbonyl (C=O) groups excluding carboxylic acids is 1. The van der Waals surface area contributed by atoms with Crippen molar-refractivity contribution in [2.45, 2.75) is 99.3 Å². The van der Waals surface area contributed by atoms with Gasteiger partial charge in [-0.1, -0.05) is 107 Å². The van der Waals surface area contributed by atoms with E-state index in [9.17, 15) is 4.79 Å². The van der Waals surface area contributed by atoms with Crippen molar-refractivity contribution in [2.75, 3.05) is 0 Å². The first-order valence-corrected chi connectivity index (χ1v) is 11.8. The maximum Gasteiger partial charge on any atom is 0.292 e. The van der Waals surface area contributed by atoms with E-state index in [2.05, 4.69) is 72.5 Å². The van der Waals surface area contributed by atoms with Gasteiger partial charge in [0, 0.05) is 11.0 Å². The van der Waals surface area contributed by atoms with Crippen LogP contribution in [0.2, 0.25) is 0 Å². The molecule has 2 rings (SSSR count). The Balaban J connectivity index is 0.00000242. The molecule has 4 heteroatoms. The zero-order chi connectivity index (χ0) is 26.0. The van der Waals surface area contributed by atoms with Crippen molar-refractivity contribution in [1.82, 2.24) is 0 Å². The maximum atomic E-state index is 10.8. The van der Waals surface area contributed by atoms with Gasteiger partial charge >= 0.3 is 0 Å². The van der Waals surface area contributed by atoms with Gasteiger partial charge in [-0.2, -0.15) is 4.99 Å². The van der Waals surface area contributed by atoms with Gasteiger partial charge in [0.2, 0.25) is 6.08 Å². The summed E-state index contributed by atoms with van der Waals surface area (Å²) in [6.07, 6.45) is 3.45. The molecule has 0 aliphatic carbocycles. The van der Waals surface area contributed by atoms with Gasteiger partial charge < -0.3 is 4.74 Å². The number of nitrogens with zero attached hydrogens (tertiary/aromatic N) is 2. The molecule has 0 aliphatic rings. The second-order valence-corrected chi connectivity index (χ2v) is 9.96. The highest BCUT2D eigenvalue weighted by atomic mass is 16.5. The Kier molecular flexibility index (Phi) is 11.3. The lowest BCUT2D eigenvalue weighted by molar-refractivity contribution is 0.472. The van der Waals surface area contributed by atoms with Crippen LogP contribution in [0.15, 0.2) is 41.4 Å². The Hall–Kier alpha value is -2.89. The van der Waals surface area contributed by atoms with Gasteiger partial charge in [0.1, 0.15) is 5.75 Å². The van der Waals surface area contributed by atoms with E-state index in [4.69, 9.17) is 10.00 Å². The molecule has 0 unspecified atom stereocenters. The smallest absolute Gasteiger partial charge is 0.292 e. The molecule has 0 atom stereocenters. The topological polar surface area (TPSA) is 62.4 Å². The number of hydrogen-bond donors (Lipinski definition) is 0. The fourth-order valence-electron chi connectivity index (χ4n) is 3.48. The Morgan fingerprint density at radius 1 is 0.758 bits per heavy atom. The lowest BCUT2D eigenvalue weighted by Crippen LogP contribution is -2.22. The number of ether oxygens (including phenoxy) is 1. The molecule has 0 spiro atoms. The van der Waals surface area contributed by atoms with Crippen LogP contribution in [0.25, 0.3) is 0 Å². The average Bonchev–Trinajstić information content (AvgIpc) is 2.76. The van der Waals surface area contributed by atoms with Gasteiger partial charge in [0.25, 0.3) is 6.26 Å². The highest BCUT2D eigenvalue weighted by Gasteiger charge is 2.29. The first-order chi connectivity index (χ1) is 15.3. The van der Waals surface area contributed by atoms with Crippen LogP contribution in [-0.4, -0.2) is 6.08 Å². The van der Waals surface area contributed by atoms with E-state index in [1.165, 1.54) is 0 Å². The van der Waals surface area contributed by atoms with Crippen LogP contribution in [-0.2, 0) is 21.0 Å². The predicted octanol–water partition coefficient (Wildman–Crippen LogP) is 8.49. The van der Waals surface area contributed by atoms with Crippen LogP contribution in [0.4, 0.5) is 5.69 Å². The molecule has 0 aliphatic heterocycles. The third-order valence-electron chi connectivity index (χ3n) is 5.36. The standard InChI is InChI=1S/C25H30N2O2.2C2H6/c1-23(2,3)19-13-17(9-11-21(19)27-16-28)25(7,8)18-10-12-22(29-15-26)20(14-18)24(4,5)6;2*1-2/h9-14H,1-8H3;2*1-2H3. The highest BCUT2D eigenvalue weighted by molar-refractivity contribution is 5.59. The van der Waals surface area contributed by atoms with Crippen LogP contribution in [0, 0.1) is 11.5 Å². The first kappa shape index (κ1) is 30.1. The van der Waals surface area contributed by atoms with Crippen molar-refractivity contribution in [3.05, 3.63) is 58.7 Å².